The molecule has 5 heteroatoms. The zero-order chi connectivity index (χ0) is 13.7. The molecule has 0 amide bonds. The van der Waals surface area contributed by atoms with Gasteiger partial charge in [0.15, 0.2) is 0 Å². The average molecular weight is 264 g/mol. The molecule has 2 N–H and O–H groups in total. The molecular formula is C14H20N2O3. The minimum atomic E-state index is -0.286. The Morgan fingerprint density at radius 2 is 2.16 bits per heavy atom. The topological polar surface area (TPSA) is 64.8 Å². The van der Waals surface area contributed by atoms with E-state index in [1.165, 1.54) is 0 Å². The Labute approximate surface area is 113 Å². The second kappa shape index (κ2) is 6.54. The molecule has 0 unspecified atom stereocenters. The Morgan fingerprint density at radius 1 is 1.42 bits per heavy atom. The molecule has 1 aromatic rings. The summed E-state index contributed by atoms with van der Waals surface area (Å²) in [6.45, 7) is 6.33. The molecule has 0 aliphatic carbocycles. The number of hydrogen-bond donors (Lipinski definition) is 1. The predicted molar refractivity (Wildman–Crippen MR) is 73.1 cm³/mol. The minimum absolute atomic E-state index is 0.286. The van der Waals surface area contributed by atoms with E-state index >= 15 is 0 Å². The number of anilines is 1. The molecule has 1 saturated heterocycles. The van der Waals surface area contributed by atoms with Gasteiger partial charge in [-0.25, -0.2) is 4.79 Å². The van der Waals surface area contributed by atoms with Crippen molar-refractivity contribution >= 4 is 11.7 Å². The Bertz CT molecular complexity index is 442. The van der Waals surface area contributed by atoms with Crippen LogP contribution in [0.4, 0.5) is 5.69 Å². The number of carbonyl (C=O) groups is 1. The molecule has 1 aliphatic heterocycles. The largest absolute Gasteiger partial charge is 0.461 e. The molecule has 1 aliphatic rings. The van der Waals surface area contributed by atoms with Crippen LogP contribution in [0.25, 0.3) is 0 Å². The van der Waals surface area contributed by atoms with Gasteiger partial charge < -0.3 is 15.2 Å². The van der Waals surface area contributed by atoms with Gasteiger partial charge in [0.05, 0.1) is 18.8 Å². The summed E-state index contributed by atoms with van der Waals surface area (Å²) in [5.41, 5.74) is 7.73. The van der Waals surface area contributed by atoms with Crippen molar-refractivity contribution in [1.82, 2.24) is 4.90 Å². The number of nitrogens with zero attached hydrogens (tertiary/aromatic N) is 1. The number of carbonyl (C=O) groups excluding carboxylic acids is 1. The van der Waals surface area contributed by atoms with Gasteiger partial charge in [0, 0.05) is 25.3 Å². The van der Waals surface area contributed by atoms with E-state index in [1.54, 1.807) is 18.2 Å². The van der Waals surface area contributed by atoms with E-state index in [1.807, 2.05) is 6.92 Å². The normalized spacial score (nSPS) is 16.3. The van der Waals surface area contributed by atoms with Crippen LogP contribution in [0.2, 0.25) is 0 Å². The lowest BCUT2D eigenvalue weighted by Crippen LogP contribution is -2.38. The van der Waals surface area contributed by atoms with Crippen LogP contribution in [0.15, 0.2) is 18.2 Å². The number of nitrogens with two attached hydrogens (primary N) is 1. The molecular weight excluding hydrogens is 244 g/mol. The monoisotopic (exact) mass is 264 g/mol. The van der Waals surface area contributed by atoms with Crippen LogP contribution < -0.4 is 5.73 Å². The van der Waals surface area contributed by atoms with Crippen molar-refractivity contribution < 1.29 is 14.3 Å². The van der Waals surface area contributed by atoms with Crippen molar-refractivity contribution in [2.24, 2.45) is 0 Å². The maximum absolute atomic E-state index is 11.9. The molecule has 1 aromatic carbocycles. The summed E-state index contributed by atoms with van der Waals surface area (Å²) < 4.78 is 10.6. The van der Waals surface area contributed by atoms with Crippen LogP contribution in [0.1, 0.15) is 15.9 Å². The third kappa shape index (κ3) is 3.94. The molecule has 0 spiro atoms. The molecule has 0 aromatic heterocycles. The molecule has 0 saturated carbocycles. The molecule has 0 bridgehead atoms. The first-order valence-corrected chi connectivity index (χ1v) is 6.50. The first kappa shape index (κ1) is 13.8. The van der Waals surface area contributed by atoms with Gasteiger partial charge in [-0.15, -0.1) is 0 Å². The fourth-order valence-corrected chi connectivity index (χ4v) is 2.09. The van der Waals surface area contributed by atoms with E-state index in [4.69, 9.17) is 15.2 Å². The van der Waals surface area contributed by atoms with Crippen molar-refractivity contribution in [3.05, 3.63) is 29.3 Å². The van der Waals surface area contributed by atoms with Crippen LogP contribution >= 0.6 is 0 Å². The maximum atomic E-state index is 11.9. The molecule has 104 valence electrons. The molecule has 0 radical (unpaired) electrons. The summed E-state index contributed by atoms with van der Waals surface area (Å²) in [5, 5.41) is 0. The van der Waals surface area contributed by atoms with Crippen LogP contribution in [-0.2, 0) is 9.47 Å². The van der Waals surface area contributed by atoms with Crippen LogP contribution in [-0.4, -0.2) is 50.3 Å². The van der Waals surface area contributed by atoms with Crippen LogP contribution in [0, 0.1) is 6.92 Å². The summed E-state index contributed by atoms with van der Waals surface area (Å²) in [6, 6.07) is 5.20. The highest BCUT2D eigenvalue weighted by Gasteiger charge is 2.13. The van der Waals surface area contributed by atoms with E-state index in [-0.39, 0.29) is 5.97 Å². The van der Waals surface area contributed by atoms with Gasteiger partial charge in [0.2, 0.25) is 0 Å². The highest BCUT2D eigenvalue weighted by Crippen LogP contribution is 2.13. The number of aryl methyl sites for hydroxylation is 1. The van der Waals surface area contributed by atoms with Crippen molar-refractivity contribution in [1.29, 1.82) is 0 Å². The molecule has 2 rings (SSSR count). The second-order valence-corrected chi connectivity index (χ2v) is 4.66. The highest BCUT2D eigenvalue weighted by molar-refractivity contribution is 5.91. The zero-order valence-electron chi connectivity index (χ0n) is 11.2. The number of benzene rings is 1. The van der Waals surface area contributed by atoms with E-state index in [0.29, 0.717) is 17.9 Å². The predicted octanol–water partition coefficient (Wildman–Crippen LogP) is 1.07. The lowest BCUT2D eigenvalue weighted by atomic mass is 10.1. The van der Waals surface area contributed by atoms with Crippen LogP contribution in [0.5, 0.6) is 0 Å². The van der Waals surface area contributed by atoms with E-state index in [9.17, 15) is 4.79 Å². The molecule has 1 fully saturated rings. The SMILES string of the molecule is Cc1cc(N)ccc1C(=O)OCCN1CCOCC1. The number of nitrogen functional groups attached to an aromatic ring is 1. The van der Waals surface area contributed by atoms with Crippen molar-refractivity contribution in [3.8, 4) is 0 Å². The minimum Gasteiger partial charge on any atom is -0.461 e. The van der Waals surface area contributed by atoms with Gasteiger partial charge in [0.1, 0.15) is 6.61 Å². The summed E-state index contributed by atoms with van der Waals surface area (Å²) >= 11 is 0. The quantitative estimate of drug-likeness (QED) is 0.651. The average Bonchev–Trinajstić information content (AvgIpc) is 2.39. The van der Waals surface area contributed by atoms with Gasteiger partial charge >= 0.3 is 5.97 Å². The molecule has 5 nitrogen and oxygen atoms in total. The summed E-state index contributed by atoms with van der Waals surface area (Å²) in [7, 11) is 0. The van der Waals surface area contributed by atoms with E-state index in [2.05, 4.69) is 4.90 Å². The Hall–Kier alpha value is -1.59. The molecule has 0 atom stereocenters. The lowest BCUT2D eigenvalue weighted by molar-refractivity contribution is 0.0195. The first-order valence-electron chi connectivity index (χ1n) is 6.50. The lowest BCUT2D eigenvalue weighted by Gasteiger charge is -2.26. The smallest absolute Gasteiger partial charge is 0.338 e. The third-order valence-corrected chi connectivity index (χ3v) is 3.21. The van der Waals surface area contributed by atoms with Gasteiger partial charge in [-0.1, -0.05) is 0 Å². The third-order valence-electron chi connectivity index (χ3n) is 3.21. The summed E-state index contributed by atoms with van der Waals surface area (Å²) in [4.78, 5) is 14.1. The summed E-state index contributed by atoms with van der Waals surface area (Å²) in [5.74, 6) is -0.286. The molecule has 1 heterocycles. The number of morpholine rings is 1. The fraction of sp³-hybridized carbons (Fsp3) is 0.500. The number of hydrogen-bond acceptors (Lipinski definition) is 5. The second-order valence-electron chi connectivity index (χ2n) is 4.66. The van der Waals surface area contributed by atoms with Gasteiger partial charge in [0.25, 0.3) is 0 Å². The highest BCUT2D eigenvalue weighted by atomic mass is 16.5. The number of rotatable bonds is 4. The van der Waals surface area contributed by atoms with Gasteiger partial charge in [-0.05, 0) is 30.7 Å². The summed E-state index contributed by atoms with van der Waals surface area (Å²) in [6.07, 6.45) is 0. The van der Waals surface area contributed by atoms with Gasteiger partial charge in [-0.2, -0.15) is 0 Å². The number of ether oxygens (including phenoxy) is 2. The van der Waals surface area contributed by atoms with Crippen molar-refractivity contribution in [2.75, 3.05) is 45.2 Å². The molecule has 19 heavy (non-hydrogen) atoms. The Balaban J connectivity index is 1.80. The Morgan fingerprint density at radius 3 is 2.84 bits per heavy atom. The number of esters is 1. The van der Waals surface area contributed by atoms with Gasteiger partial charge in [-0.3, -0.25) is 4.90 Å². The maximum Gasteiger partial charge on any atom is 0.338 e. The fourth-order valence-electron chi connectivity index (χ4n) is 2.09. The standard InChI is InChI=1S/C14H20N2O3/c1-11-10-12(15)2-3-13(11)14(17)19-9-6-16-4-7-18-8-5-16/h2-3,10H,4-9,15H2,1H3. The zero-order valence-corrected chi connectivity index (χ0v) is 11.2. The first-order chi connectivity index (χ1) is 9.16. The van der Waals surface area contributed by atoms with Crippen molar-refractivity contribution in [2.45, 2.75) is 6.92 Å². The van der Waals surface area contributed by atoms with E-state index < -0.39 is 0 Å². The van der Waals surface area contributed by atoms with E-state index in [0.717, 1.165) is 38.4 Å². The van der Waals surface area contributed by atoms with Crippen LogP contribution in [0.3, 0.4) is 0 Å². The van der Waals surface area contributed by atoms with Crippen molar-refractivity contribution in [3.63, 3.8) is 0 Å². The Kier molecular flexibility index (Phi) is 4.76.